The molecule has 2 atom stereocenters. The van der Waals surface area contributed by atoms with Crippen LogP contribution in [0, 0.1) is 17.8 Å². The summed E-state index contributed by atoms with van der Waals surface area (Å²) < 4.78 is 0. The van der Waals surface area contributed by atoms with E-state index in [1.54, 1.807) is 12.4 Å². The summed E-state index contributed by atoms with van der Waals surface area (Å²) in [5, 5.41) is 5.96. The lowest BCUT2D eigenvalue weighted by molar-refractivity contribution is -0.133. The molecule has 0 saturated heterocycles. The van der Waals surface area contributed by atoms with Crippen LogP contribution in [0.1, 0.15) is 58.4 Å². The molecule has 25 heavy (non-hydrogen) atoms. The van der Waals surface area contributed by atoms with Crippen LogP contribution in [-0.2, 0) is 16.1 Å². The molecule has 0 aliphatic heterocycles. The average Bonchev–Trinajstić information content (AvgIpc) is 2.64. The Balaban J connectivity index is 1.93. The Bertz CT molecular complexity index is 553. The highest BCUT2D eigenvalue weighted by atomic mass is 16.2. The molecule has 0 radical (unpaired) electrons. The molecule has 1 fully saturated rings. The van der Waals surface area contributed by atoms with Crippen LogP contribution >= 0.6 is 0 Å². The molecule has 1 aliphatic rings. The van der Waals surface area contributed by atoms with Crippen LogP contribution in [0.2, 0.25) is 0 Å². The van der Waals surface area contributed by atoms with E-state index < -0.39 is 6.04 Å². The molecule has 1 heterocycles. The monoisotopic (exact) mass is 345 g/mol. The van der Waals surface area contributed by atoms with Gasteiger partial charge in [0.2, 0.25) is 11.8 Å². The van der Waals surface area contributed by atoms with Gasteiger partial charge < -0.3 is 10.6 Å². The topological polar surface area (TPSA) is 71.1 Å². The number of carbonyl (C=O) groups excluding carboxylic acids is 2. The maximum Gasteiger partial charge on any atom is 0.243 e. The molecule has 1 aliphatic carbocycles. The SMILES string of the molecule is CC[C@@H](C)[C@@H](NC(=O)C1CCC(C)CC1)C(=O)NCc1cccnc1. The van der Waals surface area contributed by atoms with Gasteiger partial charge in [0.05, 0.1) is 0 Å². The van der Waals surface area contributed by atoms with Gasteiger partial charge in [-0.2, -0.15) is 0 Å². The maximum absolute atomic E-state index is 12.6. The second-order valence-electron chi connectivity index (χ2n) is 7.41. The van der Waals surface area contributed by atoms with Gasteiger partial charge in [-0.3, -0.25) is 14.6 Å². The summed E-state index contributed by atoms with van der Waals surface area (Å²) >= 11 is 0. The molecule has 0 bridgehead atoms. The summed E-state index contributed by atoms with van der Waals surface area (Å²) in [5.41, 5.74) is 0.950. The zero-order valence-corrected chi connectivity index (χ0v) is 15.6. The smallest absolute Gasteiger partial charge is 0.243 e. The summed E-state index contributed by atoms with van der Waals surface area (Å²) in [6, 6.07) is 3.29. The van der Waals surface area contributed by atoms with Gasteiger partial charge in [-0.15, -0.1) is 0 Å². The van der Waals surface area contributed by atoms with Crippen LogP contribution in [0.3, 0.4) is 0 Å². The van der Waals surface area contributed by atoms with Crippen molar-refractivity contribution in [2.45, 2.75) is 65.5 Å². The molecule has 5 nitrogen and oxygen atoms in total. The largest absolute Gasteiger partial charge is 0.350 e. The van der Waals surface area contributed by atoms with E-state index in [-0.39, 0.29) is 23.7 Å². The van der Waals surface area contributed by atoms with Gasteiger partial charge in [-0.05, 0) is 49.1 Å². The van der Waals surface area contributed by atoms with Crippen LogP contribution in [0.25, 0.3) is 0 Å². The number of nitrogens with zero attached hydrogens (tertiary/aromatic N) is 1. The van der Waals surface area contributed by atoms with E-state index in [1.807, 2.05) is 26.0 Å². The van der Waals surface area contributed by atoms with E-state index in [1.165, 1.54) is 0 Å². The summed E-state index contributed by atoms with van der Waals surface area (Å²) in [5.74, 6) is 0.774. The summed E-state index contributed by atoms with van der Waals surface area (Å²) in [4.78, 5) is 29.3. The van der Waals surface area contributed by atoms with Crippen molar-refractivity contribution < 1.29 is 9.59 Å². The van der Waals surface area contributed by atoms with Crippen molar-refractivity contribution in [2.24, 2.45) is 17.8 Å². The Morgan fingerprint density at radius 3 is 2.60 bits per heavy atom. The van der Waals surface area contributed by atoms with Gasteiger partial charge in [0.1, 0.15) is 6.04 Å². The van der Waals surface area contributed by atoms with Crippen molar-refractivity contribution in [3.05, 3.63) is 30.1 Å². The lowest BCUT2D eigenvalue weighted by Gasteiger charge is -2.29. The molecule has 0 unspecified atom stereocenters. The standard InChI is InChI=1S/C20H31N3O2/c1-4-15(3)18(20(25)22-13-16-6-5-11-21-12-16)23-19(24)17-9-7-14(2)8-10-17/h5-6,11-12,14-15,17-18H,4,7-10,13H2,1-3H3,(H,22,25)(H,23,24)/t14?,15-,17?,18-/m1/s1. The van der Waals surface area contributed by atoms with Crippen LogP contribution in [0.4, 0.5) is 0 Å². The fraction of sp³-hybridized carbons (Fsp3) is 0.650. The van der Waals surface area contributed by atoms with E-state index in [9.17, 15) is 9.59 Å². The minimum atomic E-state index is -0.478. The predicted molar refractivity (Wildman–Crippen MR) is 98.6 cm³/mol. The predicted octanol–water partition coefficient (Wildman–Crippen LogP) is 3.06. The second-order valence-corrected chi connectivity index (χ2v) is 7.41. The van der Waals surface area contributed by atoms with Gasteiger partial charge in [0.15, 0.2) is 0 Å². The molecule has 0 aromatic carbocycles. The third-order valence-corrected chi connectivity index (χ3v) is 5.37. The Labute approximate surface area is 151 Å². The molecule has 1 aromatic rings. The number of hydrogen-bond acceptors (Lipinski definition) is 3. The minimum absolute atomic E-state index is 0.0359. The van der Waals surface area contributed by atoms with Crippen molar-refractivity contribution >= 4 is 11.8 Å². The number of pyridine rings is 1. The Hall–Kier alpha value is -1.91. The second kappa shape index (κ2) is 9.54. The van der Waals surface area contributed by atoms with E-state index in [0.29, 0.717) is 12.5 Å². The first kappa shape index (κ1) is 19.4. The third kappa shape index (κ3) is 5.83. The van der Waals surface area contributed by atoms with Gasteiger partial charge in [0.25, 0.3) is 0 Å². The van der Waals surface area contributed by atoms with E-state index in [0.717, 1.165) is 37.7 Å². The van der Waals surface area contributed by atoms with Crippen LogP contribution in [-0.4, -0.2) is 22.8 Å². The molecular formula is C20H31N3O2. The number of carbonyl (C=O) groups is 2. The van der Waals surface area contributed by atoms with E-state index >= 15 is 0 Å². The Kier molecular flexibility index (Phi) is 7.41. The van der Waals surface area contributed by atoms with Crippen LogP contribution in [0.5, 0.6) is 0 Å². The molecule has 1 aromatic heterocycles. The van der Waals surface area contributed by atoms with Crippen molar-refractivity contribution in [3.63, 3.8) is 0 Å². The summed E-state index contributed by atoms with van der Waals surface area (Å²) in [6.45, 7) is 6.72. The average molecular weight is 345 g/mol. The first-order chi connectivity index (χ1) is 12.0. The number of aromatic nitrogens is 1. The Morgan fingerprint density at radius 2 is 2.00 bits per heavy atom. The maximum atomic E-state index is 12.6. The molecule has 0 spiro atoms. The van der Waals surface area contributed by atoms with Crippen molar-refractivity contribution in [3.8, 4) is 0 Å². The molecule has 1 saturated carbocycles. The first-order valence-corrected chi connectivity index (χ1v) is 9.48. The van der Waals surface area contributed by atoms with Gasteiger partial charge in [-0.25, -0.2) is 0 Å². The summed E-state index contributed by atoms with van der Waals surface area (Å²) in [6.07, 6.45) is 8.33. The third-order valence-electron chi connectivity index (χ3n) is 5.37. The number of rotatable bonds is 7. The molecule has 2 amide bonds. The highest BCUT2D eigenvalue weighted by Gasteiger charge is 2.30. The van der Waals surface area contributed by atoms with Gasteiger partial charge >= 0.3 is 0 Å². The number of nitrogens with one attached hydrogen (secondary N) is 2. The normalized spacial score (nSPS) is 22.7. The van der Waals surface area contributed by atoms with E-state index in [2.05, 4.69) is 22.5 Å². The van der Waals surface area contributed by atoms with Crippen molar-refractivity contribution in [1.29, 1.82) is 0 Å². The van der Waals surface area contributed by atoms with E-state index in [4.69, 9.17) is 0 Å². The summed E-state index contributed by atoms with van der Waals surface area (Å²) in [7, 11) is 0. The molecule has 138 valence electrons. The van der Waals surface area contributed by atoms with Gasteiger partial charge in [0, 0.05) is 24.9 Å². The Morgan fingerprint density at radius 1 is 1.28 bits per heavy atom. The van der Waals surface area contributed by atoms with Crippen molar-refractivity contribution in [2.75, 3.05) is 0 Å². The van der Waals surface area contributed by atoms with Gasteiger partial charge in [-0.1, -0.05) is 33.3 Å². The lowest BCUT2D eigenvalue weighted by Crippen LogP contribution is -2.51. The van der Waals surface area contributed by atoms with Crippen molar-refractivity contribution in [1.82, 2.24) is 15.6 Å². The highest BCUT2D eigenvalue weighted by Crippen LogP contribution is 2.28. The fourth-order valence-corrected chi connectivity index (χ4v) is 3.30. The quantitative estimate of drug-likeness (QED) is 0.798. The van der Waals surface area contributed by atoms with Crippen LogP contribution < -0.4 is 10.6 Å². The fourth-order valence-electron chi connectivity index (χ4n) is 3.30. The molecule has 2 rings (SSSR count). The molecule has 5 heteroatoms. The number of amides is 2. The number of hydrogen-bond donors (Lipinski definition) is 2. The molecule has 2 N–H and O–H groups in total. The zero-order valence-electron chi connectivity index (χ0n) is 15.6. The molecular weight excluding hydrogens is 314 g/mol. The van der Waals surface area contributed by atoms with Crippen LogP contribution in [0.15, 0.2) is 24.5 Å². The highest BCUT2D eigenvalue weighted by molar-refractivity contribution is 5.88. The lowest BCUT2D eigenvalue weighted by atomic mass is 9.82. The first-order valence-electron chi connectivity index (χ1n) is 9.48. The minimum Gasteiger partial charge on any atom is -0.350 e. The zero-order chi connectivity index (χ0) is 18.2.